The molecule has 1 aliphatic heterocycles. The predicted molar refractivity (Wildman–Crippen MR) is 97.8 cm³/mol. The van der Waals surface area contributed by atoms with Crippen molar-refractivity contribution >= 4 is 17.4 Å². The average Bonchev–Trinajstić information content (AvgIpc) is 3.11. The molecule has 0 spiro atoms. The van der Waals surface area contributed by atoms with Gasteiger partial charge in [0.1, 0.15) is 0 Å². The van der Waals surface area contributed by atoms with Crippen LogP contribution in [0.4, 0.5) is 11.5 Å². The van der Waals surface area contributed by atoms with Gasteiger partial charge in [-0.25, -0.2) is 0 Å². The van der Waals surface area contributed by atoms with Gasteiger partial charge in [0.05, 0.1) is 12.2 Å². The standard InChI is InChI=1S/C19H23N5O/c25-19(20-16-6-2-1-3-7-16)14-23-9-11-24(12-10-23)18-13-15-5-4-8-17(15)21-22-18/h1-3,6-7,13H,4-5,8-12,14H2,(H,20,25). The van der Waals surface area contributed by atoms with Gasteiger partial charge in [0.15, 0.2) is 5.82 Å². The number of nitrogens with one attached hydrogen (secondary N) is 1. The van der Waals surface area contributed by atoms with Crippen LogP contribution in [0, 0.1) is 0 Å². The van der Waals surface area contributed by atoms with Crippen molar-refractivity contribution in [1.29, 1.82) is 0 Å². The van der Waals surface area contributed by atoms with E-state index in [1.807, 2.05) is 30.3 Å². The maximum atomic E-state index is 12.2. The largest absolute Gasteiger partial charge is 0.353 e. The lowest BCUT2D eigenvalue weighted by molar-refractivity contribution is -0.117. The van der Waals surface area contributed by atoms with Crippen LogP contribution in [-0.4, -0.2) is 53.7 Å². The molecule has 4 rings (SSSR count). The zero-order valence-corrected chi connectivity index (χ0v) is 14.3. The van der Waals surface area contributed by atoms with Crippen molar-refractivity contribution in [3.8, 4) is 0 Å². The van der Waals surface area contributed by atoms with Gasteiger partial charge in [-0.3, -0.25) is 9.69 Å². The molecule has 130 valence electrons. The second kappa shape index (κ2) is 7.19. The summed E-state index contributed by atoms with van der Waals surface area (Å²) in [5.74, 6) is 1.02. The molecular weight excluding hydrogens is 314 g/mol. The third kappa shape index (κ3) is 3.79. The van der Waals surface area contributed by atoms with Crippen LogP contribution in [-0.2, 0) is 17.6 Å². The third-order valence-electron chi connectivity index (χ3n) is 4.93. The molecule has 1 N–H and O–H groups in total. The molecule has 25 heavy (non-hydrogen) atoms. The first kappa shape index (κ1) is 16.0. The lowest BCUT2D eigenvalue weighted by Crippen LogP contribution is -2.49. The Labute approximate surface area is 147 Å². The van der Waals surface area contributed by atoms with Gasteiger partial charge in [0, 0.05) is 31.9 Å². The average molecular weight is 337 g/mol. The van der Waals surface area contributed by atoms with Crippen LogP contribution < -0.4 is 10.2 Å². The predicted octanol–water partition coefficient (Wildman–Crippen LogP) is 1.73. The Morgan fingerprint density at radius 3 is 2.64 bits per heavy atom. The number of aromatic nitrogens is 2. The number of amides is 1. The summed E-state index contributed by atoms with van der Waals surface area (Å²) >= 11 is 0. The molecule has 6 heteroatoms. The Morgan fingerprint density at radius 2 is 1.84 bits per heavy atom. The molecule has 0 unspecified atom stereocenters. The Bertz CT molecular complexity index is 741. The fourth-order valence-corrected chi connectivity index (χ4v) is 3.53. The van der Waals surface area contributed by atoms with Gasteiger partial charge in [-0.1, -0.05) is 18.2 Å². The Balaban J connectivity index is 1.29. The van der Waals surface area contributed by atoms with E-state index in [2.05, 4.69) is 31.4 Å². The van der Waals surface area contributed by atoms with Crippen molar-refractivity contribution < 1.29 is 4.79 Å². The smallest absolute Gasteiger partial charge is 0.238 e. The third-order valence-corrected chi connectivity index (χ3v) is 4.93. The van der Waals surface area contributed by atoms with Gasteiger partial charge in [-0.2, -0.15) is 5.10 Å². The zero-order chi connectivity index (χ0) is 17.1. The molecular formula is C19H23N5O. The normalized spacial score (nSPS) is 17.4. The van der Waals surface area contributed by atoms with Gasteiger partial charge in [-0.15, -0.1) is 5.10 Å². The topological polar surface area (TPSA) is 61.4 Å². The first-order chi connectivity index (χ1) is 12.3. The molecule has 0 radical (unpaired) electrons. The molecule has 0 atom stereocenters. The van der Waals surface area contributed by atoms with Crippen molar-refractivity contribution in [3.63, 3.8) is 0 Å². The number of fused-ring (bicyclic) bond motifs is 1. The highest BCUT2D eigenvalue weighted by Gasteiger charge is 2.22. The Kier molecular flexibility index (Phi) is 4.61. The number of anilines is 2. The number of benzene rings is 1. The van der Waals surface area contributed by atoms with E-state index in [0.717, 1.165) is 50.5 Å². The molecule has 1 fully saturated rings. The first-order valence-electron chi connectivity index (χ1n) is 8.95. The SMILES string of the molecule is O=C(CN1CCN(c2cc3c(nn2)CCC3)CC1)Nc1ccccc1. The molecule has 0 bridgehead atoms. The van der Waals surface area contributed by atoms with Gasteiger partial charge in [0.2, 0.25) is 5.91 Å². The number of carbonyl (C=O) groups excluding carboxylic acids is 1. The molecule has 2 aromatic rings. The number of piperazine rings is 1. The minimum atomic E-state index is 0.0389. The van der Waals surface area contributed by atoms with E-state index in [0.29, 0.717) is 6.54 Å². The zero-order valence-electron chi connectivity index (χ0n) is 14.3. The van der Waals surface area contributed by atoms with E-state index < -0.39 is 0 Å². The highest BCUT2D eigenvalue weighted by atomic mass is 16.2. The summed E-state index contributed by atoms with van der Waals surface area (Å²) in [4.78, 5) is 16.6. The molecule has 1 amide bonds. The van der Waals surface area contributed by atoms with E-state index in [-0.39, 0.29) is 5.91 Å². The number of hydrogen-bond acceptors (Lipinski definition) is 5. The van der Waals surface area contributed by atoms with E-state index in [9.17, 15) is 4.79 Å². The number of para-hydroxylation sites is 1. The van der Waals surface area contributed by atoms with E-state index in [1.54, 1.807) is 0 Å². The van der Waals surface area contributed by atoms with Crippen molar-refractivity contribution in [1.82, 2.24) is 15.1 Å². The molecule has 2 heterocycles. The summed E-state index contributed by atoms with van der Waals surface area (Å²) in [6.07, 6.45) is 3.38. The van der Waals surface area contributed by atoms with Crippen LogP contribution in [0.15, 0.2) is 36.4 Å². The minimum Gasteiger partial charge on any atom is -0.353 e. The van der Waals surface area contributed by atoms with Gasteiger partial charge in [0.25, 0.3) is 0 Å². The van der Waals surface area contributed by atoms with Gasteiger partial charge < -0.3 is 10.2 Å². The minimum absolute atomic E-state index is 0.0389. The van der Waals surface area contributed by atoms with E-state index >= 15 is 0 Å². The number of aryl methyl sites for hydroxylation is 2. The number of rotatable bonds is 4. The van der Waals surface area contributed by atoms with Crippen LogP contribution in [0.5, 0.6) is 0 Å². The molecule has 1 aliphatic carbocycles. The molecule has 1 aromatic carbocycles. The quantitative estimate of drug-likeness (QED) is 0.921. The molecule has 0 saturated carbocycles. The van der Waals surface area contributed by atoms with E-state index in [1.165, 1.54) is 17.7 Å². The van der Waals surface area contributed by atoms with Gasteiger partial charge in [-0.05, 0) is 43.0 Å². The van der Waals surface area contributed by atoms with Crippen LogP contribution >= 0.6 is 0 Å². The molecule has 6 nitrogen and oxygen atoms in total. The van der Waals surface area contributed by atoms with Crippen LogP contribution in [0.1, 0.15) is 17.7 Å². The maximum Gasteiger partial charge on any atom is 0.238 e. The maximum absolute atomic E-state index is 12.2. The van der Waals surface area contributed by atoms with Crippen LogP contribution in [0.2, 0.25) is 0 Å². The highest BCUT2D eigenvalue weighted by molar-refractivity contribution is 5.92. The van der Waals surface area contributed by atoms with E-state index in [4.69, 9.17) is 0 Å². The summed E-state index contributed by atoms with van der Waals surface area (Å²) in [6.45, 7) is 3.92. The summed E-state index contributed by atoms with van der Waals surface area (Å²) in [5, 5.41) is 11.7. The lowest BCUT2D eigenvalue weighted by atomic mass is 10.2. The first-order valence-corrected chi connectivity index (χ1v) is 8.95. The fourth-order valence-electron chi connectivity index (χ4n) is 3.53. The van der Waals surface area contributed by atoms with Crippen LogP contribution in [0.25, 0.3) is 0 Å². The van der Waals surface area contributed by atoms with Crippen molar-refractivity contribution in [3.05, 3.63) is 47.7 Å². The molecule has 1 aromatic heterocycles. The van der Waals surface area contributed by atoms with Crippen molar-refractivity contribution in [2.45, 2.75) is 19.3 Å². The number of nitrogens with zero attached hydrogens (tertiary/aromatic N) is 4. The number of carbonyl (C=O) groups is 1. The monoisotopic (exact) mass is 337 g/mol. The summed E-state index contributed by atoms with van der Waals surface area (Å²) in [7, 11) is 0. The van der Waals surface area contributed by atoms with Crippen molar-refractivity contribution in [2.24, 2.45) is 0 Å². The lowest BCUT2D eigenvalue weighted by Gasteiger charge is -2.34. The molecule has 2 aliphatic rings. The second-order valence-corrected chi connectivity index (χ2v) is 6.71. The van der Waals surface area contributed by atoms with Crippen LogP contribution in [0.3, 0.4) is 0 Å². The molecule has 1 saturated heterocycles. The summed E-state index contributed by atoms with van der Waals surface area (Å²) in [5.41, 5.74) is 3.37. The van der Waals surface area contributed by atoms with Crippen molar-refractivity contribution in [2.75, 3.05) is 42.9 Å². The Morgan fingerprint density at radius 1 is 1.04 bits per heavy atom. The summed E-state index contributed by atoms with van der Waals surface area (Å²) in [6, 6.07) is 11.8. The summed E-state index contributed by atoms with van der Waals surface area (Å²) < 4.78 is 0. The fraction of sp³-hybridized carbons (Fsp3) is 0.421. The number of hydrogen-bond donors (Lipinski definition) is 1. The Hall–Kier alpha value is -2.47. The van der Waals surface area contributed by atoms with Gasteiger partial charge >= 0.3 is 0 Å². The second-order valence-electron chi connectivity index (χ2n) is 6.71. The highest BCUT2D eigenvalue weighted by Crippen LogP contribution is 2.23.